The van der Waals surface area contributed by atoms with E-state index < -0.39 is 0 Å². The minimum atomic E-state index is 0.850. The number of pyridine rings is 3. The lowest BCUT2D eigenvalue weighted by Gasteiger charge is -2.13. The standard InChI is InChI=1S/C31H18N4/c1-2-6-21-17(5-1)13-19-15-20-14-18-9-10-23-28(27(18)25(20)16-24(19)21)22-7-3-11-32-29(22)35-30(23)34-26-8-4-12-33-31(26)35/h1-12,15-16H,13-14H2. The van der Waals surface area contributed by atoms with E-state index in [-0.39, 0.29) is 0 Å². The maximum atomic E-state index is 5.02. The molecule has 0 fully saturated rings. The van der Waals surface area contributed by atoms with Crippen LogP contribution in [-0.4, -0.2) is 19.4 Å². The average Bonchev–Trinajstić information content (AvgIpc) is 3.58. The lowest BCUT2D eigenvalue weighted by molar-refractivity contribution is 1.19. The molecule has 4 nitrogen and oxygen atoms in total. The lowest BCUT2D eigenvalue weighted by Crippen LogP contribution is -1.96. The Morgan fingerprint density at radius 1 is 0.571 bits per heavy atom. The van der Waals surface area contributed by atoms with Crippen molar-refractivity contribution in [3.05, 3.63) is 107 Å². The van der Waals surface area contributed by atoms with Gasteiger partial charge in [-0.1, -0.05) is 42.5 Å². The molecule has 35 heavy (non-hydrogen) atoms. The molecule has 162 valence electrons. The molecule has 4 aromatic heterocycles. The van der Waals surface area contributed by atoms with Crippen molar-refractivity contribution in [3.8, 4) is 22.3 Å². The molecule has 0 amide bonds. The predicted molar refractivity (Wildman–Crippen MR) is 140 cm³/mol. The Morgan fingerprint density at radius 3 is 2.34 bits per heavy atom. The summed E-state index contributed by atoms with van der Waals surface area (Å²) >= 11 is 0. The molecule has 0 bridgehead atoms. The first-order chi connectivity index (χ1) is 17.3. The molecule has 4 heterocycles. The van der Waals surface area contributed by atoms with Crippen LogP contribution in [0.3, 0.4) is 0 Å². The fourth-order valence-corrected chi connectivity index (χ4v) is 6.45. The van der Waals surface area contributed by atoms with Gasteiger partial charge in [0.15, 0.2) is 5.65 Å². The second kappa shape index (κ2) is 6.10. The number of hydrogen-bond donors (Lipinski definition) is 0. The summed E-state index contributed by atoms with van der Waals surface area (Å²) in [4.78, 5) is 14.5. The molecule has 0 saturated heterocycles. The highest BCUT2D eigenvalue weighted by Gasteiger charge is 2.28. The lowest BCUT2D eigenvalue weighted by atomic mass is 9.93. The van der Waals surface area contributed by atoms with Gasteiger partial charge in [-0.2, -0.15) is 0 Å². The van der Waals surface area contributed by atoms with Crippen molar-refractivity contribution in [3.63, 3.8) is 0 Å². The molecule has 0 aliphatic heterocycles. The Bertz CT molecular complexity index is 2070. The third kappa shape index (κ3) is 2.15. The molecular weight excluding hydrogens is 428 g/mol. The Labute approximate surface area is 200 Å². The van der Waals surface area contributed by atoms with E-state index in [1.54, 1.807) is 0 Å². The van der Waals surface area contributed by atoms with Gasteiger partial charge in [-0.05, 0) is 87.7 Å². The van der Waals surface area contributed by atoms with Crippen LogP contribution >= 0.6 is 0 Å². The minimum absolute atomic E-state index is 0.850. The van der Waals surface area contributed by atoms with E-state index in [9.17, 15) is 0 Å². The molecule has 0 N–H and O–H groups in total. The van der Waals surface area contributed by atoms with Crippen LogP contribution in [0.15, 0.2) is 85.2 Å². The summed E-state index contributed by atoms with van der Waals surface area (Å²) in [5.41, 5.74) is 14.7. The van der Waals surface area contributed by atoms with E-state index >= 15 is 0 Å². The van der Waals surface area contributed by atoms with Gasteiger partial charge < -0.3 is 0 Å². The Morgan fingerprint density at radius 2 is 1.37 bits per heavy atom. The van der Waals surface area contributed by atoms with Crippen molar-refractivity contribution < 1.29 is 0 Å². The first-order valence-corrected chi connectivity index (χ1v) is 12.0. The summed E-state index contributed by atoms with van der Waals surface area (Å²) in [6, 6.07) is 26.5. The minimum Gasteiger partial charge on any atom is -0.260 e. The molecule has 0 saturated carbocycles. The average molecular weight is 447 g/mol. The summed E-state index contributed by atoms with van der Waals surface area (Å²) in [5, 5.41) is 3.54. The number of benzene rings is 3. The van der Waals surface area contributed by atoms with Crippen molar-refractivity contribution in [2.75, 3.05) is 0 Å². The van der Waals surface area contributed by atoms with Crippen LogP contribution in [0.25, 0.3) is 60.9 Å². The van der Waals surface area contributed by atoms with Crippen LogP contribution < -0.4 is 0 Å². The van der Waals surface area contributed by atoms with Gasteiger partial charge in [0.1, 0.15) is 16.8 Å². The summed E-state index contributed by atoms with van der Waals surface area (Å²) in [7, 11) is 0. The zero-order chi connectivity index (χ0) is 22.7. The summed E-state index contributed by atoms with van der Waals surface area (Å²) in [6.07, 6.45) is 5.68. The fourth-order valence-electron chi connectivity index (χ4n) is 6.45. The van der Waals surface area contributed by atoms with Gasteiger partial charge in [-0.25, -0.2) is 15.0 Å². The van der Waals surface area contributed by atoms with Gasteiger partial charge in [0.05, 0.1) is 0 Å². The Hall–Kier alpha value is -4.57. The number of fused-ring (bicyclic) bond motifs is 15. The monoisotopic (exact) mass is 446 g/mol. The largest absolute Gasteiger partial charge is 0.260 e. The molecule has 0 atom stereocenters. The number of imidazole rings is 1. The SMILES string of the molecule is c1ccc2c(c1)Cc1cc3c(cc1-2)-c1c(ccc2c1c1cccnc1n1c4ncccc4nc21)C3. The number of hydrogen-bond acceptors (Lipinski definition) is 3. The van der Waals surface area contributed by atoms with Crippen LogP contribution in [0, 0.1) is 0 Å². The maximum absolute atomic E-state index is 5.02. The quantitative estimate of drug-likeness (QED) is 0.243. The number of nitrogens with zero attached hydrogens (tertiary/aromatic N) is 4. The second-order valence-electron chi connectivity index (χ2n) is 9.69. The van der Waals surface area contributed by atoms with Crippen molar-refractivity contribution in [1.82, 2.24) is 19.4 Å². The van der Waals surface area contributed by atoms with E-state index in [0.29, 0.717) is 0 Å². The fraction of sp³-hybridized carbons (Fsp3) is 0.0645. The zero-order valence-corrected chi connectivity index (χ0v) is 18.8. The van der Waals surface area contributed by atoms with Crippen LogP contribution in [0.2, 0.25) is 0 Å². The van der Waals surface area contributed by atoms with Crippen LogP contribution in [0.4, 0.5) is 0 Å². The van der Waals surface area contributed by atoms with Crippen LogP contribution in [0.1, 0.15) is 22.3 Å². The van der Waals surface area contributed by atoms with Crippen molar-refractivity contribution in [2.24, 2.45) is 0 Å². The smallest absolute Gasteiger partial charge is 0.166 e. The van der Waals surface area contributed by atoms with Gasteiger partial charge >= 0.3 is 0 Å². The van der Waals surface area contributed by atoms with Crippen molar-refractivity contribution in [2.45, 2.75) is 12.8 Å². The van der Waals surface area contributed by atoms with Crippen molar-refractivity contribution >= 4 is 38.6 Å². The molecule has 3 aromatic carbocycles. The van der Waals surface area contributed by atoms with Gasteiger partial charge in [-0.3, -0.25) is 4.40 Å². The molecule has 9 rings (SSSR count). The number of rotatable bonds is 0. The maximum Gasteiger partial charge on any atom is 0.166 e. The molecule has 4 heteroatoms. The first-order valence-electron chi connectivity index (χ1n) is 12.0. The van der Waals surface area contributed by atoms with Gasteiger partial charge in [0.2, 0.25) is 0 Å². The van der Waals surface area contributed by atoms with Crippen LogP contribution in [-0.2, 0) is 12.8 Å². The van der Waals surface area contributed by atoms with E-state index in [2.05, 4.69) is 64.0 Å². The topological polar surface area (TPSA) is 43.1 Å². The summed E-state index contributed by atoms with van der Waals surface area (Å²) in [6.45, 7) is 0. The van der Waals surface area contributed by atoms with Crippen molar-refractivity contribution in [1.29, 1.82) is 0 Å². The van der Waals surface area contributed by atoms with E-state index in [0.717, 1.165) is 46.1 Å². The van der Waals surface area contributed by atoms with Crippen LogP contribution in [0.5, 0.6) is 0 Å². The number of aromatic nitrogens is 4. The second-order valence-corrected chi connectivity index (χ2v) is 9.69. The van der Waals surface area contributed by atoms with Gasteiger partial charge in [0, 0.05) is 28.6 Å². The third-order valence-electron chi connectivity index (χ3n) is 7.88. The zero-order valence-electron chi connectivity index (χ0n) is 18.8. The molecule has 2 aliphatic rings. The first kappa shape index (κ1) is 17.8. The predicted octanol–water partition coefficient (Wildman–Crippen LogP) is 6.73. The Kier molecular flexibility index (Phi) is 3.11. The molecule has 0 radical (unpaired) electrons. The summed E-state index contributed by atoms with van der Waals surface area (Å²) in [5.74, 6) is 0. The molecule has 0 unspecified atom stereocenters. The highest BCUT2D eigenvalue weighted by Crippen LogP contribution is 2.48. The molecule has 2 aliphatic carbocycles. The molecule has 7 aromatic rings. The van der Waals surface area contributed by atoms with Gasteiger partial charge in [-0.15, -0.1) is 0 Å². The molecular formula is C31H18N4. The Balaban J connectivity index is 1.46. The normalized spacial score (nSPS) is 13.5. The van der Waals surface area contributed by atoms with E-state index in [4.69, 9.17) is 9.97 Å². The van der Waals surface area contributed by atoms with E-state index in [1.165, 1.54) is 49.9 Å². The summed E-state index contributed by atoms with van der Waals surface area (Å²) < 4.78 is 2.12. The van der Waals surface area contributed by atoms with E-state index in [1.807, 2.05) is 30.6 Å². The highest BCUT2D eigenvalue weighted by molar-refractivity contribution is 6.19. The highest BCUT2D eigenvalue weighted by atomic mass is 15.1. The third-order valence-corrected chi connectivity index (χ3v) is 7.88. The molecule has 0 spiro atoms. The van der Waals surface area contributed by atoms with Gasteiger partial charge in [0.25, 0.3) is 0 Å².